The first-order valence-electron chi connectivity index (χ1n) is 11.5. The smallest absolute Gasteiger partial charge is 0.247 e. The summed E-state index contributed by atoms with van der Waals surface area (Å²) in [4.78, 5) is 28.6. The molecule has 1 atom stereocenters. The molecule has 0 saturated carbocycles. The van der Waals surface area contributed by atoms with Crippen molar-refractivity contribution >= 4 is 27.5 Å². The van der Waals surface area contributed by atoms with Crippen LogP contribution in [0.5, 0.6) is 0 Å². The number of nitrogens with zero attached hydrogens (tertiary/aromatic N) is 2. The third-order valence-corrected chi connectivity index (χ3v) is 8.11. The molecule has 4 rings (SSSR count). The van der Waals surface area contributed by atoms with Crippen LogP contribution in [0.15, 0.2) is 89.8 Å². The molecule has 182 valence electrons. The second-order valence-electron chi connectivity index (χ2n) is 8.78. The van der Waals surface area contributed by atoms with Crippen molar-refractivity contribution in [3.05, 3.63) is 96.1 Å². The molecular weight excluding hydrogens is 462 g/mol. The van der Waals surface area contributed by atoms with Crippen LogP contribution in [0.2, 0.25) is 0 Å². The van der Waals surface area contributed by atoms with E-state index in [4.69, 9.17) is 0 Å². The molecule has 0 bridgehead atoms. The lowest BCUT2D eigenvalue weighted by molar-refractivity contribution is -0.133. The van der Waals surface area contributed by atoms with E-state index in [-0.39, 0.29) is 24.5 Å². The maximum atomic E-state index is 13.6. The van der Waals surface area contributed by atoms with Gasteiger partial charge in [0.15, 0.2) is 0 Å². The molecule has 1 unspecified atom stereocenters. The number of piperazine rings is 1. The van der Waals surface area contributed by atoms with E-state index >= 15 is 0 Å². The maximum Gasteiger partial charge on any atom is 0.247 e. The van der Waals surface area contributed by atoms with E-state index in [0.29, 0.717) is 5.69 Å². The average Bonchev–Trinajstić information content (AvgIpc) is 2.88. The number of sulfonamides is 1. The van der Waals surface area contributed by atoms with Crippen LogP contribution in [0.4, 0.5) is 5.69 Å². The van der Waals surface area contributed by atoms with Crippen molar-refractivity contribution < 1.29 is 18.0 Å². The number of nitrogens with one attached hydrogen (secondary N) is 1. The van der Waals surface area contributed by atoms with Crippen LogP contribution in [-0.4, -0.2) is 43.2 Å². The predicted molar refractivity (Wildman–Crippen MR) is 135 cm³/mol. The standard InChI is InChI=1S/C27H29N3O4S/c1-3-21-14-16-23(17-15-21)30-25(31)19-29(35(33,34)24-12-8-5-9-13-24)20-27(30,2)26(32)28-18-22-10-6-4-7-11-22/h4-17H,3,18-20H2,1-2H3,(H,28,32). The van der Waals surface area contributed by atoms with Crippen LogP contribution in [0, 0.1) is 0 Å². The molecule has 1 aliphatic heterocycles. The van der Waals surface area contributed by atoms with E-state index in [1.807, 2.05) is 49.4 Å². The molecule has 0 spiro atoms. The minimum absolute atomic E-state index is 0.0839. The van der Waals surface area contributed by atoms with Gasteiger partial charge in [-0.05, 0) is 48.7 Å². The summed E-state index contributed by atoms with van der Waals surface area (Å²) < 4.78 is 27.8. The van der Waals surface area contributed by atoms with Gasteiger partial charge < -0.3 is 5.32 Å². The van der Waals surface area contributed by atoms with Gasteiger partial charge in [0.1, 0.15) is 5.54 Å². The van der Waals surface area contributed by atoms with Gasteiger partial charge in [-0.1, -0.05) is 67.6 Å². The van der Waals surface area contributed by atoms with Gasteiger partial charge in [-0.3, -0.25) is 14.5 Å². The highest BCUT2D eigenvalue weighted by molar-refractivity contribution is 7.89. The van der Waals surface area contributed by atoms with Gasteiger partial charge in [0, 0.05) is 18.8 Å². The molecule has 1 fully saturated rings. The van der Waals surface area contributed by atoms with Crippen LogP contribution in [0.25, 0.3) is 0 Å². The molecule has 3 aromatic carbocycles. The number of rotatable bonds is 7. The Morgan fingerprint density at radius 1 is 0.914 bits per heavy atom. The van der Waals surface area contributed by atoms with Gasteiger partial charge in [0.05, 0.1) is 11.4 Å². The van der Waals surface area contributed by atoms with Gasteiger partial charge >= 0.3 is 0 Å². The van der Waals surface area contributed by atoms with Gasteiger partial charge in [0.25, 0.3) is 0 Å². The van der Waals surface area contributed by atoms with E-state index in [1.165, 1.54) is 17.0 Å². The number of carbonyl (C=O) groups is 2. The Hall–Kier alpha value is -3.49. The normalized spacial score (nSPS) is 18.9. The predicted octanol–water partition coefficient (Wildman–Crippen LogP) is 3.36. The highest BCUT2D eigenvalue weighted by Gasteiger charge is 2.51. The van der Waals surface area contributed by atoms with Gasteiger partial charge in [0.2, 0.25) is 21.8 Å². The second kappa shape index (κ2) is 10.0. The molecule has 0 radical (unpaired) electrons. The molecule has 0 aliphatic carbocycles. The Kier molecular flexibility index (Phi) is 7.05. The van der Waals surface area contributed by atoms with Gasteiger partial charge in [-0.25, -0.2) is 8.42 Å². The summed E-state index contributed by atoms with van der Waals surface area (Å²) in [7, 11) is -3.98. The summed E-state index contributed by atoms with van der Waals surface area (Å²) in [6.45, 7) is 3.39. The number of amides is 2. The third-order valence-electron chi connectivity index (χ3n) is 6.31. The summed E-state index contributed by atoms with van der Waals surface area (Å²) in [5.41, 5.74) is 1.10. The lowest BCUT2D eigenvalue weighted by Crippen LogP contribution is -2.70. The highest BCUT2D eigenvalue weighted by atomic mass is 32.2. The highest BCUT2D eigenvalue weighted by Crippen LogP contribution is 2.32. The molecular formula is C27H29N3O4S. The van der Waals surface area contributed by atoms with E-state index in [1.54, 1.807) is 37.3 Å². The van der Waals surface area contributed by atoms with Crippen LogP contribution >= 0.6 is 0 Å². The summed E-state index contributed by atoms with van der Waals surface area (Å²) in [5, 5.41) is 2.91. The molecule has 8 heteroatoms. The topological polar surface area (TPSA) is 86.8 Å². The number of benzene rings is 3. The second-order valence-corrected chi connectivity index (χ2v) is 10.7. The Morgan fingerprint density at radius 2 is 1.51 bits per heavy atom. The summed E-state index contributed by atoms with van der Waals surface area (Å²) in [6.07, 6.45) is 0.839. The molecule has 2 amide bonds. The zero-order valence-electron chi connectivity index (χ0n) is 19.8. The van der Waals surface area contributed by atoms with Crippen LogP contribution in [-0.2, 0) is 32.6 Å². The van der Waals surface area contributed by atoms with Crippen LogP contribution in [0.3, 0.4) is 0 Å². The van der Waals surface area contributed by atoms with Gasteiger partial charge in [-0.2, -0.15) is 4.31 Å². The Bertz CT molecular complexity index is 1300. The van der Waals surface area contributed by atoms with E-state index in [9.17, 15) is 18.0 Å². The monoisotopic (exact) mass is 491 g/mol. The number of hydrogen-bond donors (Lipinski definition) is 1. The van der Waals surface area contributed by atoms with E-state index < -0.39 is 27.4 Å². The van der Waals surface area contributed by atoms with Crippen LogP contribution in [0.1, 0.15) is 25.0 Å². The molecule has 3 aromatic rings. The van der Waals surface area contributed by atoms with Crippen molar-refractivity contribution in [2.75, 3.05) is 18.0 Å². The lowest BCUT2D eigenvalue weighted by Gasteiger charge is -2.46. The first-order valence-corrected chi connectivity index (χ1v) is 13.0. The summed E-state index contributed by atoms with van der Waals surface area (Å²) >= 11 is 0. The lowest BCUT2D eigenvalue weighted by atomic mass is 9.94. The molecule has 1 N–H and O–H groups in total. The Labute approximate surface area is 206 Å². The van der Waals surface area contributed by atoms with Crippen molar-refractivity contribution in [1.29, 1.82) is 0 Å². The minimum atomic E-state index is -3.98. The fourth-order valence-electron chi connectivity index (χ4n) is 4.33. The first-order chi connectivity index (χ1) is 16.8. The maximum absolute atomic E-state index is 13.6. The van der Waals surface area contributed by atoms with Gasteiger partial charge in [-0.15, -0.1) is 0 Å². The van der Waals surface area contributed by atoms with E-state index in [2.05, 4.69) is 5.32 Å². The van der Waals surface area contributed by atoms with Crippen molar-refractivity contribution in [3.8, 4) is 0 Å². The number of carbonyl (C=O) groups excluding carboxylic acids is 2. The fraction of sp³-hybridized carbons (Fsp3) is 0.259. The first kappa shape index (κ1) is 24.6. The third kappa shape index (κ3) is 4.99. The van der Waals surface area contributed by atoms with Crippen molar-refractivity contribution in [1.82, 2.24) is 9.62 Å². The quantitative estimate of drug-likeness (QED) is 0.549. The minimum Gasteiger partial charge on any atom is -0.350 e. The van der Waals surface area contributed by atoms with Crippen molar-refractivity contribution in [2.24, 2.45) is 0 Å². The average molecular weight is 492 g/mol. The molecule has 1 heterocycles. The molecule has 0 aromatic heterocycles. The number of anilines is 1. The zero-order valence-corrected chi connectivity index (χ0v) is 20.7. The molecule has 7 nitrogen and oxygen atoms in total. The fourth-order valence-corrected chi connectivity index (χ4v) is 5.83. The zero-order chi connectivity index (χ0) is 25.1. The SMILES string of the molecule is CCc1ccc(N2C(=O)CN(S(=O)(=O)c3ccccc3)CC2(C)C(=O)NCc2ccccc2)cc1. The number of hydrogen-bond acceptors (Lipinski definition) is 4. The van der Waals surface area contributed by atoms with Crippen molar-refractivity contribution in [2.45, 2.75) is 37.2 Å². The summed E-state index contributed by atoms with van der Waals surface area (Å²) in [5.74, 6) is -0.889. The molecule has 1 saturated heterocycles. The van der Waals surface area contributed by atoms with Crippen molar-refractivity contribution in [3.63, 3.8) is 0 Å². The Morgan fingerprint density at radius 3 is 2.11 bits per heavy atom. The summed E-state index contributed by atoms with van der Waals surface area (Å²) in [6, 6.07) is 24.8. The molecule has 1 aliphatic rings. The van der Waals surface area contributed by atoms with E-state index in [0.717, 1.165) is 21.9 Å². The van der Waals surface area contributed by atoms with Crippen LogP contribution < -0.4 is 10.2 Å². The number of aryl methyl sites for hydroxylation is 1. The molecule has 35 heavy (non-hydrogen) atoms. The largest absolute Gasteiger partial charge is 0.350 e. The Balaban J connectivity index is 1.70.